The lowest BCUT2D eigenvalue weighted by Gasteiger charge is -2.44. The molecule has 6 rings (SSSR count). The van der Waals surface area contributed by atoms with Crippen LogP contribution in [0.5, 0.6) is 0 Å². The minimum Gasteiger partial charge on any atom is -0.342 e. The molecule has 1 aromatic carbocycles. The number of fused-ring (bicyclic) bond motifs is 3. The smallest absolute Gasteiger partial charge is 0.0501 e. The highest BCUT2D eigenvalue weighted by Crippen LogP contribution is 2.50. The quantitative estimate of drug-likeness (QED) is 0.643. The van der Waals surface area contributed by atoms with Gasteiger partial charge in [-0.3, -0.25) is 9.88 Å². The number of aryl methyl sites for hydroxylation is 3. The summed E-state index contributed by atoms with van der Waals surface area (Å²) in [5.74, 6) is 0.642. The molecule has 0 N–H and O–H groups in total. The average Bonchev–Trinajstić information content (AvgIpc) is 2.97. The van der Waals surface area contributed by atoms with E-state index in [0.717, 1.165) is 23.7 Å². The van der Waals surface area contributed by atoms with E-state index in [2.05, 4.69) is 45.8 Å². The van der Waals surface area contributed by atoms with E-state index in [0.29, 0.717) is 12.0 Å². The molecular formula is C22H24ClN3. The Labute approximate surface area is 159 Å². The van der Waals surface area contributed by atoms with Gasteiger partial charge in [0.2, 0.25) is 0 Å². The molecule has 0 spiro atoms. The zero-order valence-corrected chi connectivity index (χ0v) is 16.1. The van der Waals surface area contributed by atoms with E-state index in [1.54, 1.807) is 5.56 Å². The maximum atomic E-state index is 6.36. The molecule has 0 amide bonds. The fraction of sp³-hybridized carbons (Fsp3) is 0.409. The van der Waals surface area contributed by atoms with Gasteiger partial charge in [-0.05, 0) is 74.5 Å². The summed E-state index contributed by atoms with van der Waals surface area (Å²) in [6.45, 7) is 4.20. The number of hydrogen-bond donors (Lipinski definition) is 0. The first-order valence-corrected chi connectivity index (χ1v) is 9.93. The van der Waals surface area contributed by atoms with Gasteiger partial charge in [-0.2, -0.15) is 0 Å². The lowest BCUT2D eigenvalue weighted by atomic mass is 9.77. The zero-order chi connectivity index (χ0) is 17.8. The summed E-state index contributed by atoms with van der Waals surface area (Å²) in [5.41, 5.74) is 6.82. The standard InChI is InChI=1S/C22H24ClN3/c1-14-3-4-15(12-24-14)9-10-26-19-8-6-17(23)11-18(19)21-16-5-7-20(22(21)26)25(2)13-16/h3-4,6,8,11-12,16,20H,5,7,9-10,13H2,1-2H3. The molecule has 0 saturated carbocycles. The van der Waals surface area contributed by atoms with Crippen LogP contribution in [0.15, 0.2) is 36.5 Å². The first-order valence-electron chi connectivity index (χ1n) is 9.55. The van der Waals surface area contributed by atoms with Crippen molar-refractivity contribution in [2.45, 2.75) is 44.7 Å². The highest BCUT2D eigenvalue weighted by atomic mass is 35.5. The minimum absolute atomic E-state index is 0.539. The largest absolute Gasteiger partial charge is 0.342 e. The molecule has 4 heteroatoms. The molecule has 1 aliphatic carbocycles. The Morgan fingerprint density at radius 1 is 1.19 bits per heavy atom. The normalized spacial score (nSPS) is 22.1. The topological polar surface area (TPSA) is 21.1 Å². The van der Waals surface area contributed by atoms with Crippen LogP contribution in [0.25, 0.3) is 10.9 Å². The Morgan fingerprint density at radius 2 is 2.08 bits per heavy atom. The number of rotatable bonds is 3. The predicted octanol–water partition coefficient (Wildman–Crippen LogP) is 5.10. The molecule has 3 aliphatic rings. The molecule has 1 fully saturated rings. The molecule has 0 radical (unpaired) electrons. The van der Waals surface area contributed by atoms with Crippen LogP contribution in [0.2, 0.25) is 5.02 Å². The van der Waals surface area contributed by atoms with Gasteiger partial charge in [0, 0.05) is 46.6 Å². The van der Waals surface area contributed by atoms with E-state index in [9.17, 15) is 0 Å². The van der Waals surface area contributed by atoms with Gasteiger partial charge in [-0.25, -0.2) is 0 Å². The van der Waals surface area contributed by atoms with Gasteiger partial charge in [0.15, 0.2) is 0 Å². The van der Waals surface area contributed by atoms with E-state index < -0.39 is 0 Å². The Balaban J connectivity index is 1.61. The molecule has 2 aromatic heterocycles. The van der Waals surface area contributed by atoms with E-state index >= 15 is 0 Å². The summed E-state index contributed by atoms with van der Waals surface area (Å²) < 4.78 is 2.56. The Kier molecular flexibility index (Phi) is 3.84. The second-order valence-corrected chi connectivity index (χ2v) is 8.34. The maximum absolute atomic E-state index is 6.36. The minimum atomic E-state index is 0.539. The number of halogens is 1. The number of benzene rings is 1. The number of piperidine rings is 1. The fourth-order valence-corrected chi connectivity index (χ4v) is 5.19. The van der Waals surface area contributed by atoms with Gasteiger partial charge in [-0.1, -0.05) is 17.7 Å². The Bertz CT molecular complexity index is 973. The number of hydrogen-bond acceptors (Lipinski definition) is 2. The molecule has 26 heavy (non-hydrogen) atoms. The number of nitrogens with zero attached hydrogens (tertiary/aromatic N) is 3. The summed E-state index contributed by atoms with van der Waals surface area (Å²) in [5, 5.41) is 2.22. The van der Waals surface area contributed by atoms with Crippen LogP contribution in [0, 0.1) is 6.92 Å². The average molecular weight is 366 g/mol. The molecular weight excluding hydrogens is 342 g/mol. The van der Waals surface area contributed by atoms with Crippen molar-refractivity contribution in [1.29, 1.82) is 0 Å². The Hall–Kier alpha value is -1.84. The molecule has 4 heterocycles. The lowest BCUT2D eigenvalue weighted by molar-refractivity contribution is 0.139. The van der Waals surface area contributed by atoms with Crippen LogP contribution in [0.4, 0.5) is 0 Å². The maximum Gasteiger partial charge on any atom is 0.0501 e. The highest BCUT2D eigenvalue weighted by Gasteiger charge is 2.40. The van der Waals surface area contributed by atoms with Crippen molar-refractivity contribution in [3.8, 4) is 0 Å². The number of pyridine rings is 1. The second kappa shape index (κ2) is 6.11. The molecule has 134 valence electrons. The van der Waals surface area contributed by atoms with Gasteiger partial charge in [0.1, 0.15) is 0 Å². The summed E-state index contributed by atoms with van der Waals surface area (Å²) in [6.07, 6.45) is 5.59. The van der Waals surface area contributed by atoms with Crippen molar-refractivity contribution in [3.63, 3.8) is 0 Å². The molecule has 2 unspecified atom stereocenters. The third kappa shape index (κ3) is 2.49. The number of aromatic nitrogens is 2. The van der Waals surface area contributed by atoms with Gasteiger partial charge < -0.3 is 4.57 Å². The summed E-state index contributed by atoms with van der Waals surface area (Å²) in [4.78, 5) is 7.00. The van der Waals surface area contributed by atoms with Crippen LogP contribution in [0.1, 0.15) is 47.3 Å². The lowest BCUT2D eigenvalue weighted by Crippen LogP contribution is -2.40. The molecule has 3 nitrogen and oxygen atoms in total. The van der Waals surface area contributed by atoms with Crippen LogP contribution in [-0.2, 0) is 13.0 Å². The van der Waals surface area contributed by atoms with Crippen LogP contribution >= 0.6 is 11.6 Å². The van der Waals surface area contributed by atoms with Crippen LogP contribution in [-0.4, -0.2) is 28.0 Å². The summed E-state index contributed by atoms with van der Waals surface area (Å²) >= 11 is 6.36. The van der Waals surface area contributed by atoms with Crippen molar-refractivity contribution in [3.05, 3.63) is 64.1 Å². The first-order chi connectivity index (χ1) is 12.6. The van der Waals surface area contributed by atoms with Crippen molar-refractivity contribution in [2.24, 2.45) is 0 Å². The number of likely N-dealkylation sites (N-methyl/N-ethyl adjacent to an activating group) is 1. The van der Waals surface area contributed by atoms with Crippen LogP contribution < -0.4 is 0 Å². The molecule has 2 bridgehead atoms. The molecule has 2 aliphatic heterocycles. The van der Waals surface area contributed by atoms with Crippen molar-refractivity contribution in [1.82, 2.24) is 14.5 Å². The van der Waals surface area contributed by atoms with Crippen LogP contribution in [0.3, 0.4) is 0 Å². The monoisotopic (exact) mass is 365 g/mol. The van der Waals surface area contributed by atoms with E-state index in [-0.39, 0.29) is 0 Å². The third-order valence-corrected chi connectivity index (χ3v) is 6.49. The third-order valence-electron chi connectivity index (χ3n) is 6.26. The van der Waals surface area contributed by atoms with Gasteiger partial charge in [-0.15, -0.1) is 0 Å². The molecule has 2 atom stereocenters. The van der Waals surface area contributed by atoms with Crippen molar-refractivity contribution in [2.75, 3.05) is 13.6 Å². The highest BCUT2D eigenvalue weighted by molar-refractivity contribution is 6.31. The summed E-state index contributed by atoms with van der Waals surface area (Å²) in [7, 11) is 2.28. The van der Waals surface area contributed by atoms with Gasteiger partial charge >= 0.3 is 0 Å². The van der Waals surface area contributed by atoms with Gasteiger partial charge in [0.25, 0.3) is 0 Å². The molecule has 1 saturated heterocycles. The van der Waals surface area contributed by atoms with Crippen molar-refractivity contribution < 1.29 is 0 Å². The SMILES string of the molecule is Cc1ccc(CCn2c3c(c4cc(Cl)ccc42)C2CCC3N(C)C2)cn1. The predicted molar refractivity (Wildman–Crippen MR) is 107 cm³/mol. The van der Waals surface area contributed by atoms with Crippen molar-refractivity contribution >= 4 is 22.5 Å². The van der Waals surface area contributed by atoms with E-state index in [1.807, 2.05) is 19.2 Å². The first kappa shape index (κ1) is 16.3. The second-order valence-electron chi connectivity index (χ2n) is 7.90. The molecule has 3 aromatic rings. The zero-order valence-electron chi connectivity index (χ0n) is 15.4. The van der Waals surface area contributed by atoms with E-state index in [1.165, 1.54) is 41.5 Å². The van der Waals surface area contributed by atoms with Gasteiger partial charge in [0.05, 0.1) is 6.04 Å². The van der Waals surface area contributed by atoms with E-state index in [4.69, 9.17) is 11.6 Å². The fourth-order valence-electron chi connectivity index (χ4n) is 5.02. The summed E-state index contributed by atoms with van der Waals surface area (Å²) in [6, 6.07) is 11.3. The Morgan fingerprint density at radius 3 is 2.85 bits per heavy atom.